The van der Waals surface area contributed by atoms with Crippen molar-refractivity contribution in [3.8, 4) is 5.75 Å². The van der Waals surface area contributed by atoms with Gasteiger partial charge in [-0.05, 0) is 42.7 Å². The Morgan fingerprint density at radius 2 is 2.11 bits per heavy atom. The molecule has 4 nitrogen and oxygen atoms in total. The lowest BCUT2D eigenvalue weighted by Crippen LogP contribution is -2.05. The minimum atomic E-state index is -0.209. The van der Waals surface area contributed by atoms with Crippen LogP contribution in [0.4, 0.5) is 0 Å². The SMILES string of the molecule is COc1ccc(SC)cc1/C=C/c1ccc(=O)[nH]n1. The Labute approximate surface area is 115 Å². The van der Waals surface area contributed by atoms with Gasteiger partial charge in [0.15, 0.2) is 0 Å². The number of ether oxygens (including phenoxy) is 1. The number of thioether (sulfide) groups is 1. The molecule has 0 radical (unpaired) electrons. The number of nitrogens with one attached hydrogen (secondary N) is 1. The van der Waals surface area contributed by atoms with E-state index in [1.54, 1.807) is 24.9 Å². The molecular weight excluding hydrogens is 260 g/mol. The van der Waals surface area contributed by atoms with Crippen molar-refractivity contribution in [2.45, 2.75) is 4.90 Å². The Bertz CT molecular complexity index is 630. The Hall–Kier alpha value is -2.01. The van der Waals surface area contributed by atoms with E-state index >= 15 is 0 Å². The molecule has 2 rings (SSSR count). The van der Waals surface area contributed by atoms with Gasteiger partial charge in [0.05, 0.1) is 12.8 Å². The fourth-order valence-corrected chi connectivity index (χ4v) is 2.04. The van der Waals surface area contributed by atoms with E-state index < -0.39 is 0 Å². The van der Waals surface area contributed by atoms with Gasteiger partial charge < -0.3 is 4.74 Å². The summed E-state index contributed by atoms with van der Waals surface area (Å²) in [7, 11) is 1.64. The molecule has 0 saturated heterocycles. The molecule has 0 spiro atoms. The Morgan fingerprint density at radius 1 is 1.26 bits per heavy atom. The first kappa shape index (κ1) is 13.4. The smallest absolute Gasteiger partial charge is 0.264 e. The first-order chi connectivity index (χ1) is 9.22. The van der Waals surface area contributed by atoms with E-state index in [0.717, 1.165) is 16.2 Å². The monoisotopic (exact) mass is 274 g/mol. The van der Waals surface area contributed by atoms with Gasteiger partial charge >= 0.3 is 0 Å². The van der Waals surface area contributed by atoms with Crippen LogP contribution in [-0.2, 0) is 0 Å². The highest BCUT2D eigenvalue weighted by Crippen LogP contribution is 2.26. The van der Waals surface area contributed by atoms with E-state index in [1.807, 2.05) is 36.6 Å². The van der Waals surface area contributed by atoms with Crippen molar-refractivity contribution in [3.05, 3.63) is 51.9 Å². The van der Waals surface area contributed by atoms with E-state index in [2.05, 4.69) is 10.2 Å². The highest BCUT2D eigenvalue weighted by molar-refractivity contribution is 7.98. The molecule has 0 aliphatic carbocycles. The molecule has 1 aromatic heterocycles. The number of aromatic amines is 1. The van der Waals surface area contributed by atoms with Gasteiger partial charge in [-0.3, -0.25) is 4.79 Å². The van der Waals surface area contributed by atoms with Crippen molar-refractivity contribution in [2.24, 2.45) is 0 Å². The zero-order valence-corrected chi connectivity index (χ0v) is 11.5. The zero-order valence-electron chi connectivity index (χ0n) is 10.7. The van der Waals surface area contributed by atoms with Crippen LogP contribution in [0.3, 0.4) is 0 Å². The molecule has 0 aliphatic rings. The second kappa shape index (κ2) is 6.24. The number of rotatable bonds is 4. The van der Waals surface area contributed by atoms with Gasteiger partial charge in [-0.15, -0.1) is 11.8 Å². The van der Waals surface area contributed by atoms with Gasteiger partial charge in [0.25, 0.3) is 5.56 Å². The van der Waals surface area contributed by atoms with Gasteiger partial charge in [-0.2, -0.15) is 5.10 Å². The Balaban J connectivity index is 2.30. The number of H-pyrrole nitrogens is 1. The minimum absolute atomic E-state index is 0.209. The standard InChI is InChI=1S/C14H14N2O2S/c1-18-13-7-6-12(19-2)9-10(13)3-4-11-5-8-14(17)16-15-11/h3-9H,1-2H3,(H,16,17)/b4-3+. The van der Waals surface area contributed by atoms with Crippen molar-refractivity contribution >= 4 is 23.9 Å². The van der Waals surface area contributed by atoms with E-state index in [0.29, 0.717) is 5.69 Å². The highest BCUT2D eigenvalue weighted by Gasteiger charge is 2.01. The van der Waals surface area contributed by atoms with Gasteiger partial charge in [-0.1, -0.05) is 0 Å². The van der Waals surface area contributed by atoms with Crippen LogP contribution < -0.4 is 10.3 Å². The summed E-state index contributed by atoms with van der Waals surface area (Å²) in [5, 5.41) is 6.32. The molecule has 0 aliphatic heterocycles. The second-order valence-electron chi connectivity index (χ2n) is 3.79. The molecule has 0 atom stereocenters. The van der Waals surface area contributed by atoms with Gasteiger partial charge in [0, 0.05) is 16.5 Å². The number of hydrogen-bond acceptors (Lipinski definition) is 4. The fraction of sp³-hybridized carbons (Fsp3) is 0.143. The van der Waals surface area contributed by atoms with Gasteiger partial charge in [-0.25, -0.2) is 5.10 Å². The van der Waals surface area contributed by atoms with Crippen LogP contribution >= 0.6 is 11.8 Å². The van der Waals surface area contributed by atoms with Crippen molar-refractivity contribution in [2.75, 3.05) is 13.4 Å². The molecule has 1 heterocycles. The number of hydrogen-bond donors (Lipinski definition) is 1. The normalized spacial score (nSPS) is 10.8. The molecule has 1 aromatic carbocycles. The average Bonchev–Trinajstić information content (AvgIpc) is 2.46. The molecule has 0 unspecified atom stereocenters. The maximum atomic E-state index is 10.9. The summed E-state index contributed by atoms with van der Waals surface area (Å²) in [4.78, 5) is 12.1. The topological polar surface area (TPSA) is 55.0 Å². The predicted octanol–water partition coefficient (Wildman–Crippen LogP) is 2.67. The maximum Gasteiger partial charge on any atom is 0.264 e. The summed E-state index contributed by atoms with van der Waals surface area (Å²) < 4.78 is 5.31. The minimum Gasteiger partial charge on any atom is -0.496 e. The lowest BCUT2D eigenvalue weighted by Gasteiger charge is -2.06. The molecule has 0 bridgehead atoms. The van der Waals surface area contributed by atoms with Crippen molar-refractivity contribution in [3.63, 3.8) is 0 Å². The number of methoxy groups -OCH3 is 1. The van der Waals surface area contributed by atoms with Gasteiger partial charge in [0.1, 0.15) is 5.75 Å². The van der Waals surface area contributed by atoms with Gasteiger partial charge in [0.2, 0.25) is 0 Å². The molecular formula is C14H14N2O2S. The van der Waals surface area contributed by atoms with E-state index in [-0.39, 0.29) is 5.56 Å². The average molecular weight is 274 g/mol. The summed E-state index contributed by atoms with van der Waals surface area (Å²) in [6, 6.07) is 9.11. The van der Waals surface area contributed by atoms with Crippen LogP contribution in [0.25, 0.3) is 12.2 Å². The quantitative estimate of drug-likeness (QED) is 0.871. The maximum absolute atomic E-state index is 10.9. The summed E-state index contributed by atoms with van der Waals surface area (Å²) in [6.45, 7) is 0. The lowest BCUT2D eigenvalue weighted by atomic mass is 10.1. The van der Waals surface area contributed by atoms with E-state index in [9.17, 15) is 4.79 Å². The largest absolute Gasteiger partial charge is 0.496 e. The Kier molecular flexibility index (Phi) is 4.41. The summed E-state index contributed by atoms with van der Waals surface area (Å²) in [6.07, 6.45) is 5.77. The molecule has 98 valence electrons. The molecule has 19 heavy (non-hydrogen) atoms. The first-order valence-electron chi connectivity index (χ1n) is 5.69. The third-order valence-corrected chi connectivity index (χ3v) is 3.30. The zero-order chi connectivity index (χ0) is 13.7. The molecule has 0 saturated carbocycles. The lowest BCUT2D eigenvalue weighted by molar-refractivity contribution is 0.413. The molecule has 1 N–H and O–H groups in total. The number of benzene rings is 1. The summed E-state index contributed by atoms with van der Waals surface area (Å²) in [5.74, 6) is 0.804. The molecule has 0 amide bonds. The number of aromatic nitrogens is 2. The number of nitrogens with zero attached hydrogens (tertiary/aromatic N) is 1. The molecule has 5 heteroatoms. The van der Waals surface area contributed by atoms with Crippen LogP contribution in [0.5, 0.6) is 5.75 Å². The van der Waals surface area contributed by atoms with Crippen LogP contribution in [0.15, 0.2) is 40.0 Å². The van der Waals surface area contributed by atoms with Crippen molar-refractivity contribution < 1.29 is 4.74 Å². The summed E-state index contributed by atoms with van der Waals surface area (Å²) >= 11 is 1.67. The third-order valence-electron chi connectivity index (χ3n) is 2.57. The van der Waals surface area contributed by atoms with Crippen LogP contribution in [0, 0.1) is 0 Å². The van der Waals surface area contributed by atoms with E-state index in [1.165, 1.54) is 6.07 Å². The molecule has 0 fully saturated rings. The summed E-state index contributed by atoms with van der Waals surface area (Å²) in [5.41, 5.74) is 1.46. The predicted molar refractivity (Wildman–Crippen MR) is 78.6 cm³/mol. The third kappa shape index (κ3) is 3.48. The highest BCUT2D eigenvalue weighted by atomic mass is 32.2. The van der Waals surface area contributed by atoms with Crippen molar-refractivity contribution in [1.82, 2.24) is 10.2 Å². The van der Waals surface area contributed by atoms with Crippen LogP contribution in [-0.4, -0.2) is 23.6 Å². The molecule has 2 aromatic rings. The van der Waals surface area contributed by atoms with E-state index in [4.69, 9.17) is 4.74 Å². The first-order valence-corrected chi connectivity index (χ1v) is 6.91. The second-order valence-corrected chi connectivity index (χ2v) is 4.67. The van der Waals surface area contributed by atoms with Crippen LogP contribution in [0.1, 0.15) is 11.3 Å². The fourth-order valence-electron chi connectivity index (χ4n) is 1.59. The van der Waals surface area contributed by atoms with Crippen LogP contribution in [0.2, 0.25) is 0 Å². The van der Waals surface area contributed by atoms with Crippen molar-refractivity contribution in [1.29, 1.82) is 0 Å². The Morgan fingerprint density at radius 3 is 2.74 bits per heavy atom.